The zero-order valence-corrected chi connectivity index (χ0v) is 22.7. The lowest BCUT2D eigenvalue weighted by Crippen LogP contribution is -2.42. The van der Waals surface area contributed by atoms with Gasteiger partial charge in [0, 0.05) is 40.4 Å². The maximum atomic E-state index is 14.2. The minimum Gasteiger partial charge on any atom is -0.361 e. The molecule has 1 unspecified atom stereocenters. The summed E-state index contributed by atoms with van der Waals surface area (Å²) in [7, 11) is 0. The van der Waals surface area contributed by atoms with Crippen LogP contribution >= 0.6 is 0 Å². The number of hydrogen-bond donors (Lipinski definition) is 1. The molecule has 4 aliphatic carbocycles. The van der Waals surface area contributed by atoms with Crippen LogP contribution in [0.25, 0.3) is 0 Å². The topological polar surface area (TPSA) is 46.2 Å². The first kappa shape index (κ1) is 27.2. The van der Waals surface area contributed by atoms with E-state index in [-0.39, 0.29) is 40.3 Å². The molecule has 0 radical (unpaired) electrons. The molecule has 6 rings (SSSR count). The summed E-state index contributed by atoms with van der Waals surface area (Å²) in [6.07, 6.45) is 8.75. The van der Waals surface area contributed by atoms with E-state index in [1.807, 2.05) is 13.8 Å². The minimum atomic E-state index is -4.44. The van der Waals surface area contributed by atoms with Crippen LogP contribution in [0.4, 0.5) is 13.2 Å². The molecule has 1 N–H and O–H groups in total. The van der Waals surface area contributed by atoms with Crippen molar-refractivity contribution in [3.63, 3.8) is 0 Å². The zero-order valence-electron chi connectivity index (χ0n) is 22.7. The highest BCUT2D eigenvalue weighted by Crippen LogP contribution is 2.59. The SMILES string of the molecule is CC.O=C1CC2(CC2)CC2=C1C(C1CCCCC1)C(C(=O)c1ccc(C(F)(F)F)cc1)=C(C1CCCC1)N2. The van der Waals surface area contributed by atoms with Gasteiger partial charge in [0.25, 0.3) is 0 Å². The maximum Gasteiger partial charge on any atom is 0.416 e. The highest BCUT2D eigenvalue weighted by atomic mass is 19.4. The van der Waals surface area contributed by atoms with E-state index in [1.54, 1.807) is 0 Å². The number of benzene rings is 1. The molecule has 0 saturated heterocycles. The summed E-state index contributed by atoms with van der Waals surface area (Å²) < 4.78 is 39.6. The van der Waals surface area contributed by atoms with E-state index < -0.39 is 11.7 Å². The first-order valence-electron chi connectivity index (χ1n) is 14.8. The fourth-order valence-corrected chi connectivity index (χ4v) is 7.39. The van der Waals surface area contributed by atoms with E-state index in [1.165, 1.54) is 18.6 Å². The molecule has 1 aromatic carbocycles. The van der Waals surface area contributed by atoms with Gasteiger partial charge in [-0.15, -0.1) is 0 Å². The second-order valence-electron chi connectivity index (χ2n) is 11.9. The summed E-state index contributed by atoms with van der Waals surface area (Å²) in [5.74, 6) is 0.203. The van der Waals surface area contributed by atoms with Crippen molar-refractivity contribution in [2.75, 3.05) is 0 Å². The van der Waals surface area contributed by atoms with Gasteiger partial charge in [-0.2, -0.15) is 13.2 Å². The Labute approximate surface area is 224 Å². The Balaban J connectivity index is 0.00000144. The lowest BCUT2D eigenvalue weighted by Gasteiger charge is -2.43. The van der Waals surface area contributed by atoms with Crippen LogP contribution in [-0.2, 0) is 11.0 Å². The van der Waals surface area contributed by atoms with E-state index in [9.17, 15) is 22.8 Å². The minimum absolute atomic E-state index is 0.107. The number of alkyl halides is 3. The summed E-state index contributed by atoms with van der Waals surface area (Å²) >= 11 is 0. The molecule has 0 bridgehead atoms. The molecule has 1 aliphatic heterocycles. The number of ketones is 2. The summed E-state index contributed by atoms with van der Waals surface area (Å²) in [5, 5.41) is 3.67. The van der Waals surface area contributed by atoms with Crippen molar-refractivity contribution in [1.82, 2.24) is 5.32 Å². The van der Waals surface area contributed by atoms with Crippen molar-refractivity contribution in [3.05, 3.63) is 57.9 Å². The van der Waals surface area contributed by atoms with Gasteiger partial charge in [-0.25, -0.2) is 0 Å². The summed E-state index contributed by atoms with van der Waals surface area (Å²) in [6, 6.07) is 4.63. The average Bonchev–Trinajstić information content (AvgIpc) is 3.42. The lowest BCUT2D eigenvalue weighted by molar-refractivity contribution is -0.137. The highest BCUT2D eigenvalue weighted by Gasteiger charge is 2.53. The van der Waals surface area contributed by atoms with Crippen molar-refractivity contribution < 1.29 is 22.8 Å². The third kappa shape index (κ3) is 5.12. The van der Waals surface area contributed by atoms with Crippen molar-refractivity contribution in [2.24, 2.45) is 23.2 Å². The lowest BCUT2D eigenvalue weighted by atomic mass is 9.64. The highest BCUT2D eigenvalue weighted by molar-refractivity contribution is 6.12. The monoisotopic (exact) mass is 527 g/mol. The molecule has 1 spiro atoms. The van der Waals surface area contributed by atoms with E-state index in [0.717, 1.165) is 99.7 Å². The molecular weight excluding hydrogens is 487 g/mol. The smallest absolute Gasteiger partial charge is 0.361 e. The van der Waals surface area contributed by atoms with Gasteiger partial charge in [-0.3, -0.25) is 9.59 Å². The number of nitrogens with one attached hydrogen (secondary N) is 1. The van der Waals surface area contributed by atoms with Gasteiger partial charge in [-0.1, -0.05) is 58.1 Å². The molecular formula is C32H40F3NO2. The Morgan fingerprint density at radius 1 is 0.895 bits per heavy atom. The maximum absolute atomic E-state index is 14.2. The Morgan fingerprint density at radius 3 is 2.08 bits per heavy atom. The fraction of sp³-hybridized carbons (Fsp3) is 0.625. The van der Waals surface area contributed by atoms with Crippen LogP contribution in [0.3, 0.4) is 0 Å². The van der Waals surface area contributed by atoms with Gasteiger partial charge in [0.1, 0.15) is 0 Å². The summed E-state index contributed by atoms with van der Waals surface area (Å²) in [6.45, 7) is 4.00. The molecule has 1 aromatic rings. The van der Waals surface area contributed by atoms with Crippen LogP contribution in [0.1, 0.15) is 113 Å². The van der Waals surface area contributed by atoms with E-state index >= 15 is 0 Å². The first-order valence-corrected chi connectivity index (χ1v) is 14.8. The van der Waals surface area contributed by atoms with E-state index in [2.05, 4.69) is 5.32 Å². The van der Waals surface area contributed by atoms with Gasteiger partial charge >= 0.3 is 6.18 Å². The van der Waals surface area contributed by atoms with E-state index in [0.29, 0.717) is 12.0 Å². The van der Waals surface area contributed by atoms with Crippen LogP contribution in [0.15, 0.2) is 46.8 Å². The molecule has 38 heavy (non-hydrogen) atoms. The van der Waals surface area contributed by atoms with Gasteiger partial charge in [0.15, 0.2) is 11.6 Å². The number of carbonyl (C=O) groups is 2. The second kappa shape index (κ2) is 10.7. The third-order valence-electron chi connectivity index (χ3n) is 9.47. The standard InChI is InChI=1S/C30H34F3NO2.C2H6/c31-30(32,33)21-12-10-20(11-13-21)28(36)26-24(18-6-2-1-3-7-18)25-22(16-29(14-15-29)17-23(25)35)34-27(26)19-8-4-5-9-19;1-2/h10-13,18-19,24,34H,1-9,14-17H2;1-2H3. The van der Waals surface area contributed by atoms with Gasteiger partial charge in [0.2, 0.25) is 0 Å². The molecule has 3 saturated carbocycles. The summed E-state index contributed by atoms with van der Waals surface area (Å²) in [5.41, 5.74) is 3.14. The molecule has 6 heteroatoms. The van der Waals surface area contributed by atoms with Crippen molar-refractivity contribution in [3.8, 4) is 0 Å². The number of halogens is 3. The third-order valence-corrected chi connectivity index (χ3v) is 9.47. The molecule has 3 fully saturated rings. The fourth-order valence-electron chi connectivity index (χ4n) is 7.39. The Hall–Kier alpha value is -2.37. The van der Waals surface area contributed by atoms with Crippen LogP contribution in [0.5, 0.6) is 0 Å². The number of allylic oxidation sites excluding steroid dienone is 4. The number of Topliss-reactive ketones (excluding diaryl/α,β-unsaturated/α-hetero) is 2. The van der Waals surface area contributed by atoms with Crippen LogP contribution < -0.4 is 5.32 Å². The quantitative estimate of drug-likeness (QED) is 0.399. The molecule has 3 nitrogen and oxygen atoms in total. The van der Waals surface area contributed by atoms with Crippen LogP contribution in [0, 0.1) is 23.2 Å². The van der Waals surface area contributed by atoms with Crippen molar-refractivity contribution in [1.29, 1.82) is 0 Å². The number of carbonyl (C=O) groups excluding carboxylic acids is 2. The van der Waals surface area contributed by atoms with Crippen LogP contribution in [-0.4, -0.2) is 11.6 Å². The van der Waals surface area contributed by atoms with Gasteiger partial charge in [-0.05, 0) is 74.3 Å². The molecule has 5 aliphatic rings. The zero-order chi connectivity index (χ0) is 27.1. The molecule has 206 valence electrons. The molecule has 0 aromatic heterocycles. The van der Waals surface area contributed by atoms with E-state index in [4.69, 9.17) is 0 Å². The number of rotatable bonds is 4. The predicted molar refractivity (Wildman–Crippen MR) is 142 cm³/mol. The number of hydrogen-bond acceptors (Lipinski definition) is 3. The second-order valence-corrected chi connectivity index (χ2v) is 11.9. The summed E-state index contributed by atoms with van der Waals surface area (Å²) in [4.78, 5) is 27.9. The normalized spacial score (nSPS) is 25.6. The van der Waals surface area contributed by atoms with Gasteiger partial charge in [0.05, 0.1) is 5.56 Å². The average molecular weight is 528 g/mol. The molecule has 1 heterocycles. The van der Waals surface area contributed by atoms with Crippen molar-refractivity contribution in [2.45, 2.75) is 103 Å². The van der Waals surface area contributed by atoms with Crippen LogP contribution in [0.2, 0.25) is 0 Å². The van der Waals surface area contributed by atoms with Gasteiger partial charge < -0.3 is 5.32 Å². The molecule has 0 amide bonds. The van der Waals surface area contributed by atoms with Crippen molar-refractivity contribution >= 4 is 11.6 Å². The molecule has 1 atom stereocenters. The Kier molecular flexibility index (Phi) is 7.63. The largest absolute Gasteiger partial charge is 0.416 e. The Morgan fingerprint density at radius 2 is 1.50 bits per heavy atom. The number of dihydropyridines is 1. The first-order chi connectivity index (χ1) is 18.3. The Bertz CT molecular complexity index is 1130. The predicted octanol–water partition coefficient (Wildman–Crippen LogP) is 8.56.